The summed E-state index contributed by atoms with van der Waals surface area (Å²) in [4.78, 5) is 0. The number of nitrogens with two attached hydrogens (primary N) is 1. The molecule has 1 unspecified atom stereocenters. The first kappa shape index (κ1) is 12.4. The van der Waals surface area contributed by atoms with Crippen molar-refractivity contribution in [2.24, 2.45) is 5.73 Å². The molecule has 17 heavy (non-hydrogen) atoms. The zero-order valence-electron chi connectivity index (χ0n) is 10.0. The van der Waals surface area contributed by atoms with Crippen LogP contribution in [0.25, 0.3) is 0 Å². The van der Waals surface area contributed by atoms with E-state index in [2.05, 4.69) is 48.0 Å². The van der Waals surface area contributed by atoms with E-state index in [0.717, 1.165) is 16.9 Å². The monoisotopic (exact) mass is 293 g/mol. The highest BCUT2D eigenvalue weighted by Gasteiger charge is 2.12. The molecule has 90 valence electrons. The molecule has 0 aliphatic heterocycles. The van der Waals surface area contributed by atoms with E-state index in [9.17, 15) is 0 Å². The predicted octanol–water partition coefficient (Wildman–Crippen LogP) is 3.90. The van der Waals surface area contributed by atoms with Crippen LogP contribution in [-0.4, -0.2) is 0 Å². The second-order valence-corrected chi connectivity index (χ2v) is 5.16. The van der Waals surface area contributed by atoms with Crippen LogP contribution in [0.4, 0.5) is 0 Å². The van der Waals surface area contributed by atoms with E-state index >= 15 is 0 Å². The van der Waals surface area contributed by atoms with Crippen LogP contribution in [0.1, 0.15) is 28.5 Å². The lowest BCUT2D eigenvalue weighted by atomic mass is 9.98. The van der Waals surface area contributed by atoms with Gasteiger partial charge >= 0.3 is 0 Å². The molecule has 1 aromatic heterocycles. The molecule has 0 fully saturated rings. The van der Waals surface area contributed by atoms with Gasteiger partial charge in [0.25, 0.3) is 0 Å². The van der Waals surface area contributed by atoms with E-state index in [1.165, 1.54) is 16.7 Å². The maximum Gasteiger partial charge on any atom is 0.169 e. The van der Waals surface area contributed by atoms with E-state index in [0.29, 0.717) is 0 Å². The minimum Gasteiger partial charge on any atom is -0.453 e. The average Bonchev–Trinajstić information content (AvgIpc) is 2.70. The second kappa shape index (κ2) is 5.07. The standard InChI is InChI=1S/C14H16BrNO/c1-9-3-4-10(2)11(7-9)8-12(16)13-5-6-14(15)17-13/h3-7,12H,8,16H2,1-2H3. The first-order chi connectivity index (χ1) is 8.06. The van der Waals surface area contributed by atoms with Crippen LogP contribution in [0.2, 0.25) is 0 Å². The average molecular weight is 294 g/mol. The molecule has 2 N–H and O–H groups in total. The molecular weight excluding hydrogens is 278 g/mol. The Bertz CT molecular complexity index is 519. The molecule has 0 bridgehead atoms. The van der Waals surface area contributed by atoms with Crippen molar-refractivity contribution in [1.82, 2.24) is 0 Å². The molecule has 1 atom stereocenters. The molecule has 3 heteroatoms. The Morgan fingerprint density at radius 1 is 1.24 bits per heavy atom. The summed E-state index contributed by atoms with van der Waals surface area (Å²) in [5.41, 5.74) is 9.96. The molecule has 0 saturated heterocycles. The Morgan fingerprint density at radius 3 is 2.65 bits per heavy atom. The molecule has 2 nitrogen and oxygen atoms in total. The van der Waals surface area contributed by atoms with Gasteiger partial charge in [0.15, 0.2) is 4.67 Å². The maximum absolute atomic E-state index is 6.14. The number of hydrogen-bond donors (Lipinski definition) is 1. The summed E-state index contributed by atoms with van der Waals surface area (Å²) in [6, 6.07) is 10.1. The fourth-order valence-electron chi connectivity index (χ4n) is 1.89. The SMILES string of the molecule is Cc1ccc(C)c(CC(N)c2ccc(Br)o2)c1. The number of halogens is 1. The molecule has 0 saturated carbocycles. The van der Waals surface area contributed by atoms with Crippen molar-refractivity contribution in [3.63, 3.8) is 0 Å². The molecule has 0 radical (unpaired) electrons. The van der Waals surface area contributed by atoms with Gasteiger partial charge in [-0.25, -0.2) is 0 Å². The van der Waals surface area contributed by atoms with Crippen molar-refractivity contribution >= 4 is 15.9 Å². The van der Waals surface area contributed by atoms with Crippen molar-refractivity contribution < 1.29 is 4.42 Å². The van der Waals surface area contributed by atoms with Gasteiger partial charge < -0.3 is 10.2 Å². The smallest absolute Gasteiger partial charge is 0.169 e. The number of hydrogen-bond acceptors (Lipinski definition) is 2. The molecule has 0 aliphatic carbocycles. The number of aryl methyl sites for hydroxylation is 2. The Labute approximate surface area is 110 Å². The lowest BCUT2D eigenvalue weighted by molar-refractivity contribution is 0.447. The van der Waals surface area contributed by atoms with Gasteiger partial charge in [-0.3, -0.25) is 0 Å². The summed E-state index contributed by atoms with van der Waals surface area (Å²) in [6.45, 7) is 4.21. The fraction of sp³-hybridized carbons (Fsp3) is 0.286. The van der Waals surface area contributed by atoms with Crippen LogP contribution in [-0.2, 0) is 6.42 Å². The lowest BCUT2D eigenvalue weighted by Gasteiger charge is -2.12. The first-order valence-electron chi connectivity index (χ1n) is 5.63. The molecule has 0 spiro atoms. The Hall–Kier alpha value is -1.06. The zero-order chi connectivity index (χ0) is 12.4. The second-order valence-electron chi connectivity index (χ2n) is 4.38. The van der Waals surface area contributed by atoms with Crippen molar-refractivity contribution in [1.29, 1.82) is 0 Å². The molecule has 0 aliphatic rings. The number of rotatable bonds is 3. The molecule has 2 rings (SSSR count). The number of benzene rings is 1. The van der Waals surface area contributed by atoms with Gasteiger partial charge in [0.05, 0.1) is 6.04 Å². The highest BCUT2D eigenvalue weighted by molar-refractivity contribution is 9.10. The van der Waals surface area contributed by atoms with Crippen molar-refractivity contribution in [3.05, 3.63) is 57.5 Å². The Morgan fingerprint density at radius 2 is 2.00 bits per heavy atom. The zero-order valence-corrected chi connectivity index (χ0v) is 11.6. The third kappa shape index (κ3) is 2.99. The van der Waals surface area contributed by atoms with Gasteiger partial charge in [-0.2, -0.15) is 0 Å². The summed E-state index contributed by atoms with van der Waals surface area (Å²) in [6.07, 6.45) is 0.799. The van der Waals surface area contributed by atoms with Gasteiger partial charge in [0.1, 0.15) is 5.76 Å². The predicted molar refractivity (Wildman–Crippen MR) is 73.0 cm³/mol. The summed E-state index contributed by atoms with van der Waals surface area (Å²) in [7, 11) is 0. The molecular formula is C14H16BrNO. The Kier molecular flexibility index (Phi) is 3.69. The highest BCUT2D eigenvalue weighted by atomic mass is 79.9. The normalized spacial score (nSPS) is 12.7. The summed E-state index contributed by atoms with van der Waals surface area (Å²) in [5.74, 6) is 0.817. The van der Waals surface area contributed by atoms with E-state index < -0.39 is 0 Å². The van der Waals surface area contributed by atoms with Crippen molar-refractivity contribution in [3.8, 4) is 0 Å². The van der Waals surface area contributed by atoms with E-state index in [1.54, 1.807) is 0 Å². The van der Waals surface area contributed by atoms with Crippen LogP contribution in [0.15, 0.2) is 39.4 Å². The first-order valence-corrected chi connectivity index (χ1v) is 6.42. The van der Waals surface area contributed by atoms with Crippen LogP contribution in [0.3, 0.4) is 0 Å². The van der Waals surface area contributed by atoms with Gasteiger partial charge in [0, 0.05) is 0 Å². The summed E-state index contributed by atoms with van der Waals surface area (Å²) >= 11 is 3.29. The minimum absolute atomic E-state index is 0.0956. The van der Waals surface area contributed by atoms with Crippen molar-refractivity contribution in [2.75, 3.05) is 0 Å². The third-order valence-electron chi connectivity index (χ3n) is 2.90. The van der Waals surface area contributed by atoms with Gasteiger partial charge in [-0.15, -0.1) is 0 Å². The molecule has 0 amide bonds. The largest absolute Gasteiger partial charge is 0.453 e. The van der Waals surface area contributed by atoms with Crippen molar-refractivity contribution in [2.45, 2.75) is 26.3 Å². The van der Waals surface area contributed by atoms with Crippen LogP contribution < -0.4 is 5.73 Å². The summed E-state index contributed by atoms with van der Waals surface area (Å²) in [5, 5.41) is 0. The fourth-order valence-corrected chi connectivity index (χ4v) is 2.20. The highest BCUT2D eigenvalue weighted by Crippen LogP contribution is 2.23. The topological polar surface area (TPSA) is 39.2 Å². The van der Waals surface area contributed by atoms with Crippen LogP contribution >= 0.6 is 15.9 Å². The number of furan rings is 1. The van der Waals surface area contributed by atoms with Gasteiger partial charge in [-0.05, 0) is 59.5 Å². The van der Waals surface area contributed by atoms with Crippen LogP contribution in [0, 0.1) is 13.8 Å². The van der Waals surface area contributed by atoms with Gasteiger partial charge in [0.2, 0.25) is 0 Å². The quantitative estimate of drug-likeness (QED) is 0.932. The maximum atomic E-state index is 6.14. The summed E-state index contributed by atoms with van der Waals surface area (Å²) < 4.78 is 6.21. The minimum atomic E-state index is -0.0956. The van der Waals surface area contributed by atoms with Gasteiger partial charge in [-0.1, -0.05) is 23.8 Å². The molecule has 2 aromatic rings. The third-order valence-corrected chi connectivity index (χ3v) is 3.33. The Balaban J connectivity index is 2.18. The molecule has 1 heterocycles. The molecule has 1 aromatic carbocycles. The van der Waals surface area contributed by atoms with E-state index in [1.807, 2.05) is 12.1 Å². The van der Waals surface area contributed by atoms with E-state index in [4.69, 9.17) is 10.2 Å². The van der Waals surface area contributed by atoms with Crippen LogP contribution in [0.5, 0.6) is 0 Å². The lowest BCUT2D eigenvalue weighted by Crippen LogP contribution is -2.13. The van der Waals surface area contributed by atoms with E-state index in [-0.39, 0.29) is 6.04 Å².